The van der Waals surface area contributed by atoms with Gasteiger partial charge in [0.25, 0.3) is 0 Å². The summed E-state index contributed by atoms with van der Waals surface area (Å²) in [6.07, 6.45) is 0. The third kappa shape index (κ3) is 5.85. The molecule has 0 saturated carbocycles. The predicted octanol–water partition coefficient (Wildman–Crippen LogP) is 4.65. The van der Waals surface area contributed by atoms with E-state index < -0.39 is 19.8 Å². The van der Waals surface area contributed by atoms with Crippen LogP contribution in [0.5, 0.6) is 0 Å². The van der Waals surface area contributed by atoms with Gasteiger partial charge in [-0.15, -0.1) is 0 Å². The fourth-order valence-corrected chi connectivity index (χ4v) is 10.9. The number of benzene rings is 3. The zero-order valence-electron chi connectivity index (χ0n) is 13.2. The quantitative estimate of drug-likeness (QED) is 0.546. The fourth-order valence-electron chi connectivity index (χ4n) is 2.84. The normalized spacial score (nSPS) is 9.91. The molecular formula is C21H22OSn. The van der Waals surface area contributed by atoms with Gasteiger partial charge in [-0.2, -0.15) is 0 Å². The van der Waals surface area contributed by atoms with Crippen molar-refractivity contribution in [3.8, 4) is 0 Å². The zero-order chi connectivity index (χ0) is 15.0. The van der Waals surface area contributed by atoms with Gasteiger partial charge in [-0.05, 0) is 0 Å². The van der Waals surface area contributed by atoms with Crippen molar-refractivity contribution in [1.29, 1.82) is 0 Å². The number of hydrogen-bond acceptors (Lipinski definition) is 1. The van der Waals surface area contributed by atoms with Crippen LogP contribution in [-0.4, -0.2) is 25.2 Å². The molecular weight excluding hydrogens is 387 g/mol. The van der Waals surface area contributed by atoms with Crippen LogP contribution in [0.3, 0.4) is 0 Å². The summed E-state index contributed by atoms with van der Waals surface area (Å²) in [5.41, 5.74) is 4.55. The molecule has 0 heterocycles. The molecule has 3 rings (SSSR count). The molecule has 0 aromatic heterocycles. The van der Waals surface area contributed by atoms with Gasteiger partial charge >= 0.3 is 141 Å². The maximum atomic E-state index is 2.29. The second-order valence-electron chi connectivity index (χ2n) is 5.74. The molecule has 23 heavy (non-hydrogen) atoms. The topological polar surface area (TPSA) is 30.0 Å². The molecule has 0 atom stereocenters. The maximum absolute atomic E-state index is 2.29. The molecule has 0 aliphatic rings. The Kier molecular flexibility index (Phi) is 7.36. The first-order valence-electron chi connectivity index (χ1n) is 7.85. The van der Waals surface area contributed by atoms with Crippen molar-refractivity contribution in [1.82, 2.24) is 0 Å². The third-order valence-electron chi connectivity index (χ3n) is 3.89. The predicted molar refractivity (Wildman–Crippen MR) is 98.1 cm³/mol. The summed E-state index contributed by atoms with van der Waals surface area (Å²) in [6.45, 7) is 0. The van der Waals surface area contributed by atoms with Crippen molar-refractivity contribution in [2.24, 2.45) is 0 Å². The van der Waals surface area contributed by atoms with E-state index in [9.17, 15) is 0 Å². The molecule has 0 saturated heterocycles. The van der Waals surface area contributed by atoms with Crippen LogP contribution < -0.4 is 0 Å². The summed E-state index contributed by atoms with van der Waals surface area (Å²) in [7, 11) is 0. The summed E-state index contributed by atoms with van der Waals surface area (Å²) in [4.78, 5) is 0. The van der Waals surface area contributed by atoms with Crippen LogP contribution in [0, 0.1) is 0 Å². The average Bonchev–Trinajstić information content (AvgIpc) is 2.57. The molecule has 1 N–H and O–H groups in total. The van der Waals surface area contributed by atoms with Crippen molar-refractivity contribution in [2.45, 2.75) is 13.3 Å². The zero-order valence-corrected chi connectivity index (χ0v) is 16.1. The van der Waals surface area contributed by atoms with Gasteiger partial charge in [-0.25, -0.2) is 0 Å². The molecule has 0 fully saturated rings. The summed E-state index contributed by atoms with van der Waals surface area (Å²) >= 11 is -1.56. The van der Waals surface area contributed by atoms with Crippen LogP contribution >= 0.6 is 0 Å². The van der Waals surface area contributed by atoms with Crippen molar-refractivity contribution in [3.05, 3.63) is 108 Å². The van der Waals surface area contributed by atoms with E-state index in [0.717, 1.165) is 0 Å². The second-order valence-corrected chi connectivity index (χ2v) is 13.0. The van der Waals surface area contributed by atoms with Gasteiger partial charge in [-0.3, -0.25) is 0 Å². The first-order valence-corrected chi connectivity index (χ1v) is 13.9. The molecule has 0 bridgehead atoms. The Morgan fingerprint density at radius 1 is 0.435 bits per heavy atom. The summed E-state index contributed by atoms with van der Waals surface area (Å²) in [5.74, 6) is 0. The molecule has 116 valence electrons. The number of hydrogen-bond donors (Lipinski definition) is 0. The van der Waals surface area contributed by atoms with Crippen LogP contribution in [0.4, 0.5) is 0 Å². The molecule has 0 aliphatic carbocycles. The molecule has 0 unspecified atom stereocenters. The summed E-state index contributed by atoms with van der Waals surface area (Å²) in [6, 6.07) is 33.1. The van der Waals surface area contributed by atoms with E-state index in [0.29, 0.717) is 0 Å². The van der Waals surface area contributed by atoms with Gasteiger partial charge in [0.05, 0.1) is 0 Å². The standard InChI is InChI=1S/3C7H7.H2O.Sn/c3*1-7-5-3-2-4-6-7;;/h3*2-6H,1H2;1H2;/q;;;;+1/p-1. The second kappa shape index (κ2) is 9.53. The van der Waals surface area contributed by atoms with E-state index in [-0.39, 0.29) is 5.48 Å². The van der Waals surface area contributed by atoms with E-state index in [1.165, 1.54) is 30.0 Å². The van der Waals surface area contributed by atoms with E-state index >= 15 is 0 Å². The minimum absolute atomic E-state index is 0. The molecule has 3 aromatic rings. The van der Waals surface area contributed by atoms with Crippen LogP contribution in [0.25, 0.3) is 0 Å². The Labute approximate surface area is 146 Å². The Bertz CT molecular complexity index is 569. The Balaban J connectivity index is 0.00000192. The molecule has 0 amide bonds. The first-order chi connectivity index (χ1) is 10.9. The van der Waals surface area contributed by atoms with E-state index in [1.54, 1.807) is 0 Å². The first kappa shape index (κ1) is 17.8. The fraction of sp³-hybridized carbons (Fsp3) is 0.143. The summed E-state index contributed by atoms with van der Waals surface area (Å²) in [5, 5.41) is 0. The van der Waals surface area contributed by atoms with Crippen molar-refractivity contribution < 1.29 is 5.48 Å². The van der Waals surface area contributed by atoms with Gasteiger partial charge < -0.3 is 5.48 Å². The molecule has 0 radical (unpaired) electrons. The van der Waals surface area contributed by atoms with E-state index in [4.69, 9.17) is 0 Å². The van der Waals surface area contributed by atoms with Gasteiger partial charge in [0, 0.05) is 0 Å². The minimum atomic E-state index is -1.56. The van der Waals surface area contributed by atoms with E-state index in [1.807, 2.05) is 0 Å². The average molecular weight is 409 g/mol. The molecule has 0 aliphatic heterocycles. The Morgan fingerprint density at radius 3 is 0.957 bits per heavy atom. The third-order valence-corrected chi connectivity index (χ3v) is 11.7. The van der Waals surface area contributed by atoms with Gasteiger partial charge in [-0.1, -0.05) is 0 Å². The van der Waals surface area contributed by atoms with Crippen molar-refractivity contribution in [2.75, 3.05) is 0 Å². The molecule has 1 nitrogen and oxygen atoms in total. The van der Waals surface area contributed by atoms with Crippen LogP contribution in [0.15, 0.2) is 91.0 Å². The van der Waals surface area contributed by atoms with Crippen LogP contribution in [0.1, 0.15) is 16.7 Å². The van der Waals surface area contributed by atoms with Gasteiger partial charge in [0.1, 0.15) is 0 Å². The Morgan fingerprint density at radius 2 is 0.696 bits per heavy atom. The summed E-state index contributed by atoms with van der Waals surface area (Å²) < 4.78 is 3.98. The number of rotatable bonds is 6. The van der Waals surface area contributed by atoms with Crippen molar-refractivity contribution >= 4 is 19.8 Å². The molecule has 3 aromatic carbocycles. The van der Waals surface area contributed by atoms with Crippen LogP contribution in [0.2, 0.25) is 0 Å². The van der Waals surface area contributed by atoms with Gasteiger partial charge in [0.2, 0.25) is 0 Å². The van der Waals surface area contributed by atoms with Crippen molar-refractivity contribution in [3.63, 3.8) is 0 Å². The molecule has 0 spiro atoms. The van der Waals surface area contributed by atoms with E-state index in [2.05, 4.69) is 91.0 Å². The Hall–Kier alpha value is -1.58. The van der Waals surface area contributed by atoms with Crippen LogP contribution in [-0.2, 0) is 13.3 Å². The monoisotopic (exact) mass is 410 g/mol. The van der Waals surface area contributed by atoms with Gasteiger partial charge in [0.15, 0.2) is 0 Å². The molecule has 2 heteroatoms. The SMILES string of the molecule is [OH-].c1ccc([CH2][Sn+]([CH2]c2ccccc2)[CH2]c2ccccc2)cc1.